The van der Waals surface area contributed by atoms with Gasteiger partial charge in [-0.05, 0) is 31.7 Å². The van der Waals surface area contributed by atoms with Crippen molar-refractivity contribution < 1.29 is 4.74 Å². The van der Waals surface area contributed by atoms with Gasteiger partial charge in [-0.3, -0.25) is 0 Å². The summed E-state index contributed by atoms with van der Waals surface area (Å²) in [6.07, 6.45) is 1.08. The van der Waals surface area contributed by atoms with Crippen LogP contribution in [0.4, 0.5) is 0 Å². The van der Waals surface area contributed by atoms with Crippen LogP contribution in [0.25, 0.3) is 10.8 Å². The summed E-state index contributed by atoms with van der Waals surface area (Å²) >= 11 is 0. The van der Waals surface area contributed by atoms with Gasteiger partial charge >= 0.3 is 0 Å². The monoisotopic (exact) mass is 271 g/mol. The molecule has 2 rings (SSSR count). The normalized spacial score (nSPS) is 12.8. The highest BCUT2D eigenvalue weighted by atomic mass is 16.5. The minimum atomic E-state index is 0.286. The summed E-state index contributed by atoms with van der Waals surface area (Å²) in [7, 11) is 1.98. The summed E-state index contributed by atoms with van der Waals surface area (Å²) in [5.74, 6) is 1.70. The first kappa shape index (κ1) is 14.9. The fraction of sp³-hybridized carbons (Fsp3) is 0.444. The molecule has 0 aromatic heterocycles. The van der Waals surface area contributed by atoms with Crippen molar-refractivity contribution in [3.05, 3.63) is 42.0 Å². The highest BCUT2D eigenvalue weighted by molar-refractivity contribution is 5.89. The molecular weight excluding hydrogens is 246 g/mol. The quantitative estimate of drug-likeness (QED) is 0.832. The van der Waals surface area contributed by atoms with Gasteiger partial charge in [-0.25, -0.2) is 0 Å². The second kappa shape index (κ2) is 6.76. The lowest BCUT2D eigenvalue weighted by Crippen LogP contribution is -2.14. The van der Waals surface area contributed by atoms with E-state index in [9.17, 15) is 0 Å². The van der Waals surface area contributed by atoms with Crippen LogP contribution in [-0.4, -0.2) is 13.7 Å². The van der Waals surface area contributed by atoms with E-state index in [-0.39, 0.29) is 6.04 Å². The molecule has 0 aliphatic rings. The summed E-state index contributed by atoms with van der Waals surface area (Å²) < 4.78 is 6.14. The molecule has 1 atom stereocenters. The van der Waals surface area contributed by atoms with Gasteiger partial charge in [0.05, 0.1) is 6.61 Å². The second-order valence-corrected chi connectivity index (χ2v) is 5.75. The number of benzene rings is 2. The van der Waals surface area contributed by atoms with Gasteiger partial charge < -0.3 is 10.1 Å². The van der Waals surface area contributed by atoms with Crippen molar-refractivity contribution in [3.8, 4) is 5.75 Å². The number of hydrogen-bond donors (Lipinski definition) is 1. The molecule has 1 unspecified atom stereocenters. The van der Waals surface area contributed by atoms with Crippen LogP contribution in [0.2, 0.25) is 0 Å². The zero-order valence-electron chi connectivity index (χ0n) is 12.9. The molecule has 108 valence electrons. The van der Waals surface area contributed by atoms with E-state index in [1.54, 1.807) is 0 Å². The molecular formula is C18H25NO. The third-order valence-electron chi connectivity index (χ3n) is 3.75. The van der Waals surface area contributed by atoms with E-state index in [1.165, 1.54) is 16.3 Å². The van der Waals surface area contributed by atoms with Crippen molar-refractivity contribution in [1.29, 1.82) is 0 Å². The Morgan fingerprint density at radius 3 is 2.50 bits per heavy atom. The molecule has 2 aromatic rings. The van der Waals surface area contributed by atoms with Gasteiger partial charge in [-0.15, -0.1) is 0 Å². The zero-order chi connectivity index (χ0) is 14.5. The van der Waals surface area contributed by atoms with Crippen LogP contribution < -0.4 is 10.1 Å². The molecule has 0 aliphatic heterocycles. The van der Waals surface area contributed by atoms with Crippen molar-refractivity contribution in [2.75, 3.05) is 13.7 Å². The lowest BCUT2D eigenvalue weighted by Gasteiger charge is -2.19. The van der Waals surface area contributed by atoms with Gasteiger partial charge in [0.2, 0.25) is 0 Å². The Hall–Kier alpha value is -1.54. The van der Waals surface area contributed by atoms with E-state index in [4.69, 9.17) is 4.74 Å². The Morgan fingerprint density at radius 1 is 1.05 bits per heavy atom. The molecule has 0 spiro atoms. The minimum absolute atomic E-state index is 0.286. The Bertz CT molecular complexity index is 562. The van der Waals surface area contributed by atoms with Crippen molar-refractivity contribution in [2.45, 2.75) is 33.2 Å². The van der Waals surface area contributed by atoms with Crippen LogP contribution in [0.3, 0.4) is 0 Å². The van der Waals surface area contributed by atoms with Crippen molar-refractivity contribution in [2.24, 2.45) is 5.92 Å². The third kappa shape index (κ3) is 3.31. The molecule has 2 aromatic carbocycles. The van der Waals surface area contributed by atoms with Gasteiger partial charge in [0.15, 0.2) is 0 Å². The Kier molecular flexibility index (Phi) is 5.02. The van der Waals surface area contributed by atoms with Gasteiger partial charge in [0, 0.05) is 17.0 Å². The number of nitrogens with one attached hydrogen (secondary N) is 1. The summed E-state index contributed by atoms with van der Waals surface area (Å²) in [4.78, 5) is 0. The molecule has 2 heteroatoms. The maximum atomic E-state index is 6.14. The maximum absolute atomic E-state index is 6.14. The average molecular weight is 271 g/mol. The number of fused-ring (bicyclic) bond motifs is 1. The number of rotatable bonds is 6. The van der Waals surface area contributed by atoms with Gasteiger partial charge in [0.1, 0.15) is 5.75 Å². The predicted octanol–water partition coefficient (Wildman–Crippen LogP) is 4.55. The first-order chi connectivity index (χ1) is 9.63. The fourth-order valence-electron chi connectivity index (χ4n) is 2.31. The average Bonchev–Trinajstić information content (AvgIpc) is 2.46. The van der Waals surface area contributed by atoms with E-state index < -0.39 is 0 Å². The largest absolute Gasteiger partial charge is 0.493 e. The molecule has 1 N–H and O–H groups in total. The number of ether oxygens (including phenoxy) is 1. The fourth-order valence-corrected chi connectivity index (χ4v) is 2.31. The van der Waals surface area contributed by atoms with E-state index in [0.717, 1.165) is 18.8 Å². The predicted molar refractivity (Wildman–Crippen MR) is 86.4 cm³/mol. The number of hydrogen-bond acceptors (Lipinski definition) is 2. The van der Waals surface area contributed by atoms with Gasteiger partial charge in [-0.1, -0.05) is 50.2 Å². The SMILES string of the molecule is CNC(C)c1ccc2ccccc2c1OCCC(C)C. The van der Waals surface area contributed by atoms with E-state index >= 15 is 0 Å². The Balaban J connectivity index is 2.39. The first-order valence-electron chi connectivity index (χ1n) is 7.45. The first-order valence-corrected chi connectivity index (χ1v) is 7.45. The van der Waals surface area contributed by atoms with Crippen molar-refractivity contribution in [1.82, 2.24) is 5.32 Å². The van der Waals surface area contributed by atoms with Crippen LogP contribution in [0.15, 0.2) is 36.4 Å². The molecule has 0 saturated carbocycles. The van der Waals surface area contributed by atoms with Crippen molar-refractivity contribution in [3.63, 3.8) is 0 Å². The summed E-state index contributed by atoms with van der Waals surface area (Å²) in [6, 6.07) is 13.1. The smallest absolute Gasteiger partial charge is 0.131 e. The molecule has 0 fully saturated rings. The van der Waals surface area contributed by atoms with E-state index in [1.807, 2.05) is 7.05 Å². The second-order valence-electron chi connectivity index (χ2n) is 5.75. The standard InChI is InChI=1S/C18H25NO/c1-13(2)11-12-20-18-16(14(3)19-4)10-9-15-7-5-6-8-17(15)18/h5-10,13-14,19H,11-12H2,1-4H3. The molecule has 0 aliphatic carbocycles. The molecule has 0 radical (unpaired) electrons. The molecule has 0 amide bonds. The lowest BCUT2D eigenvalue weighted by molar-refractivity contribution is 0.288. The van der Waals surface area contributed by atoms with Crippen LogP contribution in [0.5, 0.6) is 5.75 Å². The third-order valence-corrected chi connectivity index (χ3v) is 3.75. The highest BCUT2D eigenvalue weighted by Gasteiger charge is 2.13. The Morgan fingerprint density at radius 2 is 1.80 bits per heavy atom. The van der Waals surface area contributed by atoms with Crippen LogP contribution in [0, 0.1) is 5.92 Å². The molecule has 0 heterocycles. The summed E-state index contributed by atoms with van der Waals surface area (Å²) in [5.41, 5.74) is 1.23. The van der Waals surface area contributed by atoms with E-state index in [2.05, 4.69) is 62.5 Å². The Labute approximate surface area is 122 Å². The molecule has 0 bridgehead atoms. The molecule has 2 nitrogen and oxygen atoms in total. The van der Waals surface area contributed by atoms with Crippen LogP contribution in [-0.2, 0) is 0 Å². The highest BCUT2D eigenvalue weighted by Crippen LogP contribution is 2.33. The van der Waals surface area contributed by atoms with E-state index in [0.29, 0.717) is 5.92 Å². The minimum Gasteiger partial charge on any atom is -0.493 e. The van der Waals surface area contributed by atoms with Gasteiger partial charge in [0.25, 0.3) is 0 Å². The molecule has 20 heavy (non-hydrogen) atoms. The maximum Gasteiger partial charge on any atom is 0.131 e. The summed E-state index contributed by atoms with van der Waals surface area (Å²) in [5, 5.41) is 5.75. The lowest BCUT2D eigenvalue weighted by atomic mass is 10.0. The topological polar surface area (TPSA) is 21.3 Å². The zero-order valence-corrected chi connectivity index (χ0v) is 12.9. The van der Waals surface area contributed by atoms with Crippen LogP contribution >= 0.6 is 0 Å². The van der Waals surface area contributed by atoms with Gasteiger partial charge in [-0.2, -0.15) is 0 Å². The molecule has 0 saturated heterocycles. The van der Waals surface area contributed by atoms with Crippen molar-refractivity contribution >= 4 is 10.8 Å². The summed E-state index contributed by atoms with van der Waals surface area (Å²) in [6.45, 7) is 7.39. The van der Waals surface area contributed by atoms with Crippen LogP contribution in [0.1, 0.15) is 38.8 Å².